The normalized spacial score (nSPS) is 11.4. The Bertz CT molecular complexity index is 1400. The largest absolute Gasteiger partial charge is 0.496 e. The molecule has 2 heterocycles. The van der Waals surface area contributed by atoms with E-state index in [4.69, 9.17) is 28.2 Å². The summed E-state index contributed by atoms with van der Waals surface area (Å²) in [6.07, 6.45) is 11.2. The molecule has 0 aliphatic carbocycles. The van der Waals surface area contributed by atoms with E-state index in [0.29, 0.717) is 51.7 Å². The van der Waals surface area contributed by atoms with Crippen LogP contribution in [0.1, 0.15) is 63.5 Å². The molecule has 0 aliphatic heterocycles. The maximum absolute atomic E-state index is 13.3. The van der Waals surface area contributed by atoms with E-state index >= 15 is 0 Å². The van der Waals surface area contributed by atoms with Crippen LogP contribution in [0.4, 0.5) is 0 Å². The fraction of sp³-hybridized carbons (Fsp3) is 0.452. The van der Waals surface area contributed by atoms with Gasteiger partial charge in [-0.15, -0.1) is 0 Å². The van der Waals surface area contributed by atoms with E-state index in [0.717, 1.165) is 43.3 Å². The summed E-state index contributed by atoms with van der Waals surface area (Å²) in [6.45, 7) is 0.300. The first kappa shape index (κ1) is 27.6. The van der Waals surface area contributed by atoms with Crippen molar-refractivity contribution in [3.63, 3.8) is 0 Å². The van der Waals surface area contributed by atoms with Crippen LogP contribution in [-0.2, 0) is 6.42 Å². The Hall–Kier alpha value is -3.45. The molecule has 4 rings (SSSR count). The van der Waals surface area contributed by atoms with Gasteiger partial charge in [-0.3, -0.25) is 4.79 Å². The third kappa shape index (κ3) is 6.33. The number of ether oxygens (including phenoxy) is 3. The van der Waals surface area contributed by atoms with E-state index in [1.807, 2.05) is 12.1 Å². The molecule has 0 fully saturated rings. The number of unbranched alkanes of at least 4 members (excludes halogenated alkanes) is 8. The van der Waals surface area contributed by atoms with Crippen LogP contribution in [0, 0.1) is 0 Å². The van der Waals surface area contributed by atoms with Gasteiger partial charge in [0.25, 0.3) is 0 Å². The van der Waals surface area contributed by atoms with Crippen molar-refractivity contribution in [2.45, 2.75) is 64.2 Å². The van der Waals surface area contributed by atoms with Crippen molar-refractivity contribution in [2.75, 3.05) is 27.9 Å². The predicted molar refractivity (Wildman–Crippen MR) is 150 cm³/mol. The van der Waals surface area contributed by atoms with Gasteiger partial charge in [-0.05, 0) is 37.1 Å². The molecule has 0 radical (unpaired) electrons. The lowest BCUT2D eigenvalue weighted by Crippen LogP contribution is -2.01. The topological polar surface area (TPSA) is 91.3 Å². The summed E-state index contributed by atoms with van der Waals surface area (Å²) >= 11 is 0. The van der Waals surface area contributed by atoms with Gasteiger partial charge in [0, 0.05) is 30.7 Å². The van der Waals surface area contributed by atoms with Crippen molar-refractivity contribution in [1.82, 2.24) is 0 Å². The zero-order valence-electron chi connectivity index (χ0n) is 22.6. The van der Waals surface area contributed by atoms with E-state index in [2.05, 4.69) is 0 Å². The molecule has 0 amide bonds. The van der Waals surface area contributed by atoms with E-state index in [-0.39, 0.29) is 5.43 Å². The number of furan rings is 1. The molecule has 0 saturated heterocycles. The molecule has 7 heteroatoms. The highest BCUT2D eigenvalue weighted by Crippen LogP contribution is 2.37. The Morgan fingerprint density at radius 2 is 1.37 bits per heavy atom. The first-order chi connectivity index (χ1) is 18.6. The first-order valence-electron chi connectivity index (χ1n) is 13.5. The Morgan fingerprint density at radius 3 is 2.03 bits per heavy atom. The van der Waals surface area contributed by atoms with Crippen molar-refractivity contribution >= 4 is 21.9 Å². The summed E-state index contributed by atoms with van der Waals surface area (Å²) in [4.78, 5) is 13.3. The maximum atomic E-state index is 13.3. The predicted octanol–water partition coefficient (Wildman–Crippen LogP) is 7.28. The maximum Gasteiger partial charge on any atom is 0.197 e. The molecule has 0 saturated carbocycles. The minimum absolute atomic E-state index is 0.177. The number of aliphatic hydroxyl groups is 1. The molecule has 0 bridgehead atoms. The molecule has 4 aromatic rings. The summed E-state index contributed by atoms with van der Waals surface area (Å²) in [5.41, 5.74) is 1.44. The lowest BCUT2D eigenvalue weighted by molar-refractivity contribution is 0.282. The number of rotatable bonds is 15. The van der Waals surface area contributed by atoms with Crippen molar-refractivity contribution in [2.24, 2.45) is 0 Å². The smallest absolute Gasteiger partial charge is 0.197 e. The van der Waals surface area contributed by atoms with E-state index in [9.17, 15) is 4.79 Å². The van der Waals surface area contributed by atoms with Crippen LogP contribution in [0.3, 0.4) is 0 Å². The van der Waals surface area contributed by atoms with Crippen LogP contribution >= 0.6 is 0 Å². The number of aliphatic hydroxyl groups excluding tert-OH is 1. The lowest BCUT2D eigenvalue weighted by Gasteiger charge is -2.10. The fourth-order valence-electron chi connectivity index (χ4n) is 4.92. The monoisotopic (exact) mass is 522 g/mol. The minimum Gasteiger partial charge on any atom is -0.496 e. The fourth-order valence-corrected chi connectivity index (χ4v) is 4.92. The van der Waals surface area contributed by atoms with Gasteiger partial charge < -0.3 is 28.2 Å². The van der Waals surface area contributed by atoms with Crippen LogP contribution in [0.25, 0.3) is 33.3 Å². The highest BCUT2D eigenvalue weighted by molar-refractivity contribution is 6.05. The summed E-state index contributed by atoms with van der Waals surface area (Å²) < 4.78 is 28.7. The first-order valence-corrected chi connectivity index (χ1v) is 13.5. The van der Waals surface area contributed by atoms with Gasteiger partial charge in [-0.25, -0.2) is 0 Å². The van der Waals surface area contributed by atoms with Gasteiger partial charge in [0.2, 0.25) is 0 Å². The number of methoxy groups -OCH3 is 3. The summed E-state index contributed by atoms with van der Waals surface area (Å²) in [5, 5.41) is 10.0. The molecule has 0 spiro atoms. The Balaban J connectivity index is 1.50. The van der Waals surface area contributed by atoms with Crippen LogP contribution in [0.15, 0.2) is 50.0 Å². The Labute approximate surface area is 223 Å². The van der Waals surface area contributed by atoms with E-state index in [1.54, 1.807) is 39.5 Å². The molecule has 38 heavy (non-hydrogen) atoms. The molecule has 1 N–H and O–H groups in total. The third-order valence-corrected chi connectivity index (χ3v) is 6.98. The Morgan fingerprint density at radius 1 is 0.711 bits per heavy atom. The second kappa shape index (κ2) is 13.4. The average Bonchev–Trinajstić information content (AvgIpc) is 3.36. The van der Waals surface area contributed by atoms with Crippen LogP contribution < -0.4 is 19.6 Å². The molecule has 0 aliphatic rings. The summed E-state index contributed by atoms with van der Waals surface area (Å²) in [7, 11) is 4.75. The van der Waals surface area contributed by atoms with Crippen molar-refractivity contribution in [3.8, 4) is 28.6 Å². The Kier molecular flexibility index (Phi) is 9.71. The molecule has 2 aromatic carbocycles. The number of benzene rings is 2. The van der Waals surface area contributed by atoms with E-state index < -0.39 is 0 Å². The zero-order valence-corrected chi connectivity index (χ0v) is 22.6. The van der Waals surface area contributed by atoms with Crippen molar-refractivity contribution in [3.05, 3.63) is 52.4 Å². The summed E-state index contributed by atoms with van der Waals surface area (Å²) in [5.74, 6) is 3.02. The average molecular weight is 523 g/mol. The van der Waals surface area contributed by atoms with E-state index in [1.165, 1.54) is 38.2 Å². The molecule has 204 valence electrons. The van der Waals surface area contributed by atoms with Gasteiger partial charge in [-0.2, -0.15) is 0 Å². The standard InChI is InChI=1S/C31H38O7/c1-34-25-15-14-21(17-28(25)36-3)26-19-24(33)30-29(38-26)20-27(35-2)23-18-22(37-31(23)30)13-11-9-7-5-4-6-8-10-12-16-32/h14-15,17-20,32H,4-13,16H2,1-3H3. The van der Waals surface area contributed by atoms with Gasteiger partial charge >= 0.3 is 0 Å². The summed E-state index contributed by atoms with van der Waals surface area (Å²) in [6, 6.07) is 10.6. The zero-order chi connectivity index (χ0) is 26.9. The molecule has 2 aromatic heterocycles. The SMILES string of the molecule is COc1ccc(-c2cc(=O)c3c(cc(OC)c4cc(CCCCCCCCCCCO)oc43)o2)cc1OC. The van der Waals surface area contributed by atoms with Gasteiger partial charge in [-0.1, -0.05) is 44.9 Å². The second-order valence-electron chi connectivity index (χ2n) is 9.61. The number of hydrogen-bond donors (Lipinski definition) is 1. The minimum atomic E-state index is -0.177. The quantitative estimate of drug-likeness (QED) is 0.164. The highest BCUT2D eigenvalue weighted by Gasteiger charge is 2.19. The second-order valence-corrected chi connectivity index (χ2v) is 9.61. The molecule has 0 atom stereocenters. The molecule has 7 nitrogen and oxygen atoms in total. The highest BCUT2D eigenvalue weighted by atomic mass is 16.5. The van der Waals surface area contributed by atoms with Crippen LogP contribution in [0.2, 0.25) is 0 Å². The number of aryl methyl sites for hydroxylation is 1. The van der Waals surface area contributed by atoms with Gasteiger partial charge in [0.15, 0.2) is 22.5 Å². The molecular formula is C31H38O7. The van der Waals surface area contributed by atoms with Crippen molar-refractivity contribution < 1.29 is 28.2 Å². The van der Waals surface area contributed by atoms with Crippen LogP contribution in [-0.4, -0.2) is 33.0 Å². The van der Waals surface area contributed by atoms with Crippen molar-refractivity contribution in [1.29, 1.82) is 0 Å². The lowest BCUT2D eigenvalue weighted by atomic mass is 10.1. The molecule has 0 unspecified atom stereocenters. The van der Waals surface area contributed by atoms with Crippen LogP contribution in [0.5, 0.6) is 17.2 Å². The van der Waals surface area contributed by atoms with Gasteiger partial charge in [0.1, 0.15) is 28.2 Å². The van der Waals surface area contributed by atoms with Gasteiger partial charge in [0.05, 0.1) is 26.7 Å². The molecular weight excluding hydrogens is 484 g/mol. The number of fused-ring (bicyclic) bond motifs is 3. The number of hydrogen-bond acceptors (Lipinski definition) is 7. The third-order valence-electron chi connectivity index (χ3n) is 6.98.